The van der Waals surface area contributed by atoms with E-state index in [0.29, 0.717) is 11.4 Å². The van der Waals surface area contributed by atoms with Gasteiger partial charge in [0.15, 0.2) is 0 Å². The van der Waals surface area contributed by atoms with Crippen LogP contribution >= 0.6 is 0 Å². The highest BCUT2D eigenvalue weighted by Gasteiger charge is 2.17. The molecule has 108 valence electrons. The van der Waals surface area contributed by atoms with E-state index < -0.39 is 12.0 Å². The number of piperidine rings is 1. The first-order chi connectivity index (χ1) is 9.61. The highest BCUT2D eigenvalue weighted by molar-refractivity contribution is 5.79. The highest BCUT2D eigenvalue weighted by Crippen LogP contribution is 2.26. The van der Waals surface area contributed by atoms with E-state index in [-0.39, 0.29) is 5.82 Å². The third-order valence-electron chi connectivity index (χ3n) is 3.47. The Morgan fingerprint density at radius 1 is 1.40 bits per heavy atom. The number of carboxylic acids is 1. The fraction of sp³-hybridized carbons (Fsp3) is 0.400. The maximum absolute atomic E-state index is 14.1. The summed E-state index contributed by atoms with van der Waals surface area (Å²) in [4.78, 5) is 12.9. The van der Waals surface area contributed by atoms with Gasteiger partial charge in [-0.1, -0.05) is 6.08 Å². The fourth-order valence-electron chi connectivity index (χ4n) is 2.39. The van der Waals surface area contributed by atoms with Gasteiger partial charge in [-0.3, -0.25) is 0 Å². The smallest absolute Gasteiger partial charge is 0.330 e. The summed E-state index contributed by atoms with van der Waals surface area (Å²) in [5.74, 6) is -1.37. The van der Waals surface area contributed by atoms with Crippen LogP contribution < -0.4 is 10.2 Å². The number of nitrogens with one attached hydrogen (secondary N) is 1. The summed E-state index contributed by atoms with van der Waals surface area (Å²) in [6.45, 7) is 5.18. The number of halogens is 1. The second kappa shape index (κ2) is 6.41. The zero-order valence-electron chi connectivity index (χ0n) is 11.3. The van der Waals surface area contributed by atoms with Gasteiger partial charge in [-0.25, -0.2) is 9.18 Å². The number of benzene rings is 1. The monoisotopic (exact) mass is 278 g/mol. The zero-order chi connectivity index (χ0) is 14.5. The van der Waals surface area contributed by atoms with Crippen molar-refractivity contribution in [3.05, 3.63) is 36.7 Å². The molecule has 0 aromatic heterocycles. The minimum absolute atomic E-state index is 0.329. The first-order valence-corrected chi connectivity index (χ1v) is 6.78. The molecule has 0 amide bonds. The van der Waals surface area contributed by atoms with Crippen molar-refractivity contribution in [1.29, 1.82) is 0 Å². The van der Waals surface area contributed by atoms with Crippen LogP contribution in [-0.2, 0) is 4.79 Å². The summed E-state index contributed by atoms with van der Waals surface area (Å²) in [7, 11) is 0. The Hall–Kier alpha value is -2.04. The number of nitrogens with zero attached hydrogens (tertiary/aromatic N) is 1. The SMILES string of the molecule is C=CC(Nc1ccc(N2CCCCC2)c(F)c1)C(=O)O. The van der Waals surface area contributed by atoms with Gasteiger partial charge in [0.2, 0.25) is 0 Å². The van der Waals surface area contributed by atoms with Gasteiger partial charge in [0.1, 0.15) is 11.9 Å². The Bertz CT molecular complexity index is 499. The number of carboxylic acid groups (broad SMARTS) is 1. The Kier molecular flexibility index (Phi) is 4.61. The van der Waals surface area contributed by atoms with E-state index in [4.69, 9.17) is 5.11 Å². The molecular weight excluding hydrogens is 259 g/mol. The lowest BCUT2D eigenvalue weighted by Gasteiger charge is -2.29. The number of rotatable bonds is 5. The summed E-state index contributed by atoms with van der Waals surface area (Å²) in [6.07, 6.45) is 4.63. The van der Waals surface area contributed by atoms with Crippen molar-refractivity contribution in [1.82, 2.24) is 0 Å². The molecule has 0 spiro atoms. The predicted molar refractivity (Wildman–Crippen MR) is 77.7 cm³/mol. The first-order valence-electron chi connectivity index (χ1n) is 6.78. The molecule has 2 N–H and O–H groups in total. The van der Waals surface area contributed by atoms with Crippen molar-refractivity contribution in [2.75, 3.05) is 23.3 Å². The minimum Gasteiger partial charge on any atom is -0.479 e. The molecule has 1 aliphatic heterocycles. The molecule has 1 unspecified atom stereocenters. The lowest BCUT2D eigenvalue weighted by Crippen LogP contribution is -2.30. The fourth-order valence-corrected chi connectivity index (χ4v) is 2.39. The molecule has 4 nitrogen and oxygen atoms in total. The molecule has 0 saturated carbocycles. The van der Waals surface area contributed by atoms with Crippen molar-refractivity contribution >= 4 is 17.3 Å². The van der Waals surface area contributed by atoms with E-state index in [1.54, 1.807) is 12.1 Å². The van der Waals surface area contributed by atoms with E-state index in [1.165, 1.54) is 18.6 Å². The first kappa shape index (κ1) is 14.4. The van der Waals surface area contributed by atoms with E-state index in [9.17, 15) is 9.18 Å². The summed E-state index contributed by atoms with van der Waals surface area (Å²) >= 11 is 0. The Labute approximate surface area is 117 Å². The van der Waals surface area contributed by atoms with Gasteiger partial charge in [0.25, 0.3) is 0 Å². The molecule has 0 radical (unpaired) electrons. The summed E-state index contributed by atoms with van der Waals surface area (Å²) in [5.41, 5.74) is 1.02. The Morgan fingerprint density at radius 3 is 2.65 bits per heavy atom. The van der Waals surface area contributed by atoms with Crippen molar-refractivity contribution in [2.24, 2.45) is 0 Å². The number of carbonyl (C=O) groups is 1. The molecule has 5 heteroatoms. The maximum Gasteiger partial charge on any atom is 0.330 e. The molecule has 2 rings (SSSR count). The van der Waals surface area contributed by atoms with Gasteiger partial charge in [0.05, 0.1) is 5.69 Å². The van der Waals surface area contributed by atoms with Crippen LogP contribution in [-0.4, -0.2) is 30.2 Å². The maximum atomic E-state index is 14.1. The molecule has 0 bridgehead atoms. The number of hydrogen-bond acceptors (Lipinski definition) is 3. The van der Waals surface area contributed by atoms with E-state index >= 15 is 0 Å². The van der Waals surface area contributed by atoms with Crippen LogP contribution in [0.4, 0.5) is 15.8 Å². The topological polar surface area (TPSA) is 52.6 Å². The van der Waals surface area contributed by atoms with Crippen molar-refractivity contribution in [3.8, 4) is 0 Å². The van der Waals surface area contributed by atoms with Gasteiger partial charge in [0, 0.05) is 18.8 Å². The minimum atomic E-state index is -1.04. The van der Waals surface area contributed by atoms with Gasteiger partial charge in [-0.15, -0.1) is 6.58 Å². The van der Waals surface area contributed by atoms with Crippen LogP contribution in [0.3, 0.4) is 0 Å². The van der Waals surface area contributed by atoms with Gasteiger partial charge >= 0.3 is 5.97 Å². The second-order valence-corrected chi connectivity index (χ2v) is 4.91. The average Bonchev–Trinajstić information content (AvgIpc) is 2.45. The summed E-state index contributed by atoms with van der Waals surface area (Å²) in [5, 5.41) is 11.6. The number of aliphatic carboxylic acids is 1. The van der Waals surface area contributed by atoms with Crippen LogP contribution in [0.2, 0.25) is 0 Å². The van der Waals surface area contributed by atoms with Crippen LogP contribution in [0.1, 0.15) is 19.3 Å². The third-order valence-corrected chi connectivity index (χ3v) is 3.47. The molecule has 20 heavy (non-hydrogen) atoms. The van der Waals surface area contributed by atoms with Crippen molar-refractivity contribution in [2.45, 2.75) is 25.3 Å². The summed E-state index contributed by atoms with van der Waals surface area (Å²) in [6, 6.07) is 3.82. The molecule has 1 aromatic rings. The number of hydrogen-bond donors (Lipinski definition) is 2. The molecule has 1 heterocycles. The highest BCUT2D eigenvalue weighted by atomic mass is 19.1. The molecule has 1 saturated heterocycles. The van der Waals surface area contributed by atoms with Crippen LogP contribution in [0, 0.1) is 5.82 Å². The van der Waals surface area contributed by atoms with E-state index in [0.717, 1.165) is 25.9 Å². The standard InChI is InChI=1S/C15H19FN2O2/c1-2-13(15(19)20)17-11-6-7-14(12(16)10-11)18-8-4-3-5-9-18/h2,6-7,10,13,17H,1,3-5,8-9H2,(H,19,20). The Morgan fingerprint density at radius 2 is 2.10 bits per heavy atom. The van der Waals surface area contributed by atoms with Gasteiger partial charge in [-0.2, -0.15) is 0 Å². The molecule has 1 aliphatic rings. The molecule has 0 aliphatic carbocycles. The van der Waals surface area contributed by atoms with Gasteiger partial charge in [-0.05, 0) is 37.5 Å². The normalized spacial score (nSPS) is 16.6. The van der Waals surface area contributed by atoms with Crippen LogP contribution in [0.15, 0.2) is 30.9 Å². The predicted octanol–water partition coefficient (Wildman–Crippen LogP) is 2.87. The summed E-state index contributed by atoms with van der Waals surface area (Å²) < 4.78 is 14.1. The van der Waals surface area contributed by atoms with Crippen LogP contribution in [0.25, 0.3) is 0 Å². The second-order valence-electron chi connectivity index (χ2n) is 4.91. The molecule has 1 atom stereocenters. The largest absolute Gasteiger partial charge is 0.479 e. The molecular formula is C15H19FN2O2. The van der Waals surface area contributed by atoms with E-state index in [2.05, 4.69) is 11.9 Å². The average molecular weight is 278 g/mol. The lowest BCUT2D eigenvalue weighted by atomic mass is 10.1. The van der Waals surface area contributed by atoms with Gasteiger partial charge < -0.3 is 15.3 Å². The lowest BCUT2D eigenvalue weighted by molar-refractivity contribution is -0.136. The third kappa shape index (κ3) is 3.29. The number of anilines is 2. The van der Waals surface area contributed by atoms with Crippen molar-refractivity contribution in [3.63, 3.8) is 0 Å². The quantitative estimate of drug-likeness (QED) is 0.813. The zero-order valence-corrected chi connectivity index (χ0v) is 11.3. The van der Waals surface area contributed by atoms with Crippen LogP contribution in [0.5, 0.6) is 0 Å². The Balaban J connectivity index is 2.12. The molecule has 1 fully saturated rings. The van der Waals surface area contributed by atoms with E-state index in [1.807, 2.05) is 4.90 Å². The molecule has 1 aromatic carbocycles. The van der Waals surface area contributed by atoms with Crippen molar-refractivity contribution < 1.29 is 14.3 Å².